The molecular formula is C33H48FN3O7. The zero-order valence-corrected chi connectivity index (χ0v) is 25.6. The molecule has 4 aliphatic rings. The van der Waals surface area contributed by atoms with Gasteiger partial charge in [0.2, 0.25) is 11.2 Å². The number of hydrogen-bond acceptors (Lipinski definition) is 6. The first kappa shape index (κ1) is 33.8. The van der Waals surface area contributed by atoms with Crippen molar-refractivity contribution in [1.82, 2.24) is 15.1 Å². The Labute approximate surface area is 259 Å². The number of piperidine rings is 2. The Balaban J connectivity index is 0.000000215. The summed E-state index contributed by atoms with van der Waals surface area (Å²) in [5.74, 6) is -2.68. The van der Waals surface area contributed by atoms with E-state index in [9.17, 15) is 33.8 Å². The summed E-state index contributed by atoms with van der Waals surface area (Å²) in [5, 5.41) is 32.3. The Morgan fingerprint density at radius 1 is 0.795 bits per heavy atom. The van der Waals surface area contributed by atoms with Crippen molar-refractivity contribution in [3.63, 3.8) is 0 Å². The maximum atomic E-state index is 13.2. The number of nitrogens with one attached hydrogen (secondary N) is 1. The predicted molar refractivity (Wildman–Crippen MR) is 161 cm³/mol. The molecule has 2 heterocycles. The van der Waals surface area contributed by atoms with Gasteiger partial charge in [-0.2, -0.15) is 0 Å². The van der Waals surface area contributed by atoms with Crippen LogP contribution in [-0.2, 0) is 25.7 Å². The summed E-state index contributed by atoms with van der Waals surface area (Å²) in [5.41, 5.74) is -3.61. The van der Waals surface area contributed by atoms with Gasteiger partial charge in [-0.1, -0.05) is 50.7 Å². The summed E-state index contributed by atoms with van der Waals surface area (Å²) >= 11 is 0. The van der Waals surface area contributed by atoms with E-state index in [4.69, 9.17) is 5.11 Å². The molecule has 2 saturated heterocycles. The van der Waals surface area contributed by atoms with E-state index in [0.29, 0.717) is 56.4 Å². The monoisotopic (exact) mass is 617 g/mol. The minimum atomic E-state index is -2.19. The average Bonchev–Trinajstić information content (AvgIpc) is 3.02. The first-order valence-electron chi connectivity index (χ1n) is 16.3. The van der Waals surface area contributed by atoms with Crippen molar-refractivity contribution in [3.05, 3.63) is 35.6 Å². The highest BCUT2D eigenvalue weighted by Gasteiger charge is 2.50. The summed E-state index contributed by atoms with van der Waals surface area (Å²) in [6, 6.07) is 5.89. The van der Waals surface area contributed by atoms with Crippen LogP contribution in [0.5, 0.6) is 0 Å². The van der Waals surface area contributed by atoms with Gasteiger partial charge in [-0.3, -0.25) is 14.4 Å². The van der Waals surface area contributed by atoms with Crippen molar-refractivity contribution in [2.45, 2.75) is 108 Å². The van der Waals surface area contributed by atoms with E-state index < -0.39 is 34.9 Å². The van der Waals surface area contributed by atoms with Gasteiger partial charge in [0.25, 0.3) is 17.7 Å². The molecule has 0 bridgehead atoms. The topological polar surface area (TPSA) is 147 Å². The smallest absolute Gasteiger partial charge is 0.345 e. The van der Waals surface area contributed by atoms with Crippen LogP contribution in [0, 0.1) is 17.7 Å². The van der Waals surface area contributed by atoms with Crippen LogP contribution in [0.15, 0.2) is 24.3 Å². The summed E-state index contributed by atoms with van der Waals surface area (Å²) in [6.07, 6.45) is 13.0. The van der Waals surface area contributed by atoms with Crippen LogP contribution in [0.25, 0.3) is 0 Å². The van der Waals surface area contributed by atoms with Gasteiger partial charge in [-0.15, -0.1) is 0 Å². The van der Waals surface area contributed by atoms with Gasteiger partial charge in [0, 0.05) is 32.7 Å². The number of nitrogens with zero attached hydrogens (tertiary/aromatic N) is 2. The number of carbonyl (C=O) groups excluding carboxylic acids is 3. The lowest BCUT2D eigenvalue weighted by Gasteiger charge is -2.39. The standard InChI is InChI=1S/C20H27FN2O3.C13H21NO4/c21-17-9-4-8-16(12-17)13-22-18(24)20(26)10-5-11-23(19(20)25)14-15-6-2-1-3-7-15;15-11-13(18,12(16)17)7-4-8-14(11)9-10-5-2-1-3-6-10/h4,8-9,12,15,26H,1-3,5-7,10-11,13-14H2,(H,22,24);10,18H,1-9H2,(H,16,17). The first-order chi connectivity index (χ1) is 21.0. The van der Waals surface area contributed by atoms with Crippen LogP contribution < -0.4 is 5.32 Å². The minimum absolute atomic E-state index is 0.0301. The van der Waals surface area contributed by atoms with Crippen molar-refractivity contribution in [1.29, 1.82) is 0 Å². The molecule has 44 heavy (non-hydrogen) atoms. The van der Waals surface area contributed by atoms with Gasteiger partial charge in [0.15, 0.2) is 0 Å². The van der Waals surface area contributed by atoms with E-state index in [1.807, 2.05) is 0 Å². The van der Waals surface area contributed by atoms with Crippen molar-refractivity contribution in [2.75, 3.05) is 26.2 Å². The van der Waals surface area contributed by atoms with Crippen LogP contribution >= 0.6 is 0 Å². The predicted octanol–water partition coefficient (Wildman–Crippen LogP) is 3.38. The van der Waals surface area contributed by atoms with Crippen LogP contribution in [0.4, 0.5) is 4.39 Å². The maximum absolute atomic E-state index is 13.2. The van der Waals surface area contributed by atoms with Gasteiger partial charge in [0.05, 0.1) is 0 Å². The molecule has 5 rings (SSSR count). The van der Waals surface area contributed by atoms with Crippen LogP contribution in [0.3, 0.4) is 0 Å². The van der Waals surface area contributed by atoms with Gasteiger partial charge in [-0.25, -0.2) is 9.18 Å². The second-order valence-electron chi connectivity index (χ2n) is 13.1. The zero-order chi connectivity index (χ0) is 31.7. The first-order valence-corrected chi connectivity index (χ1v) is 16.3. The molecule has 4 N–H and O–H groups in total. The Morgan fingerprint density at radius 2 is 1.30 bits per heavy atom. The second-order valence-corrected chi connectivity index (χ2v) is 13.1. The molecule has 2 aliphatic carbocycles. The highest BCUT2D eigenvalue weighted by molar-refractivity contribution is 6.08. The average molecular weight is 618 g/mol. The number of likely N-dealkylation sites (tertiary alicyclic amines) is 2. The number of amides is 3. The van der Waals surface area contributed by atoms with Crippen LogP contribution in [-0.4, -0.2) is 86.2 Å². The number of carboxylic acid groups (broad SMARTS) is 1. The third-order valence-electron chi connectivity index (χ3n) is 9.69. The fraction of sp³-hybridized carbons (Fsp3) is 0.697. The highest BCUT2D eigenvalue weighted by atomic mass is 19.1. The molecule has 1 aromatic carbocycles. The summed E-state index contributed by atoms with van der Waals surface area (Å²) in [4.78, 5) is 51.6. The third-order valence-corrected chi connectivity index (χ3v) is 9.69. The normalized spacial score (nSPS) is 27.0. The molecule has 0 radical (unpaired) electrons. The molecule has 0 aromatic heterocycles. The molecule has 1 aromatic rings. The summed E-state index contributed by atoms with van der Waals surface area (Å²) in [6.45, 7) is 2.47. The van der Waals surface area contributed by atoms with Crippen LogP contribution in [0.2, 0.25) is 0 Å². The second kappa shape index (κ2) is 15.3. The Hall–Kier alpha value is -3.05. The number of carbonyl (C=O) groups is 4. The molecule has 0 spiro atoms. The van der Waals surface area contributed by atoms with E-state index in [1.165, 1.54) is 50.7 Å². The molecule has 2 aliphatic heterocycles. The van der Waals surface area contributed by atoms with E-state index >= 15 is 0 Å². The molecule has 11 heteroatoms. The van der Waals surface area contributed by atoms with Gasteiger partial charge < -0.3 is 30.4 Å². The lowest BCUT2D eigenvalue weighted by molar-refractivity contribution is -0.176. The Bertz CT molecular complexity index is 1170. The molecule has 4 fully saturated rings. The number of aliphatic hydroxyl groups is 2. The zero-order valence-electron chi connectivity index (χ0n) is 25.6. The van der Waals surface area contributed by atoms with Crippen molar-refractivity contribution < 1.29 is 38.9 Å². The number of halogens is 1. The van der Waals surface area contributed by atoms with Crippen molar-refractivity contribution in [2.24, 2.45) is 11.8 Å². The van der Waals surface area contributed by atoms with Gasteiger partial charge in [-0.05, 0) is 80.9 Å². The van der Waals surface area contributed by atoms with E-state index in [2.05, 4.69) is 5.32 Å². The number of carboxylic acids is 1. The van der Waals surface area contributed by atoms with Crippen LogP contribution in [0.1, 0.15) is 95.5 Å². The quantitative estimate of drug-likeness (QED) is 0.327. The molecule has 10 nitrogen and oxygen atoms in total. The number of benzene rings is 1. The molecule has 2 unspecified atom stereocenters. The van der Waals surface area contributed by atoms with E-state index in [-0.39, 0.29) is 25.2 Å². The lowest BCUT2D eigenvalue weighted by Crippen LogP contribution is -2.61. The maximum Gasteiger partial charge on any atom is 0.345 e. The fourth-order valence-corrected chi connectivity index (χ4v) is 7.09. The van der Waals surface area contributed by atoms with E-state index in [0.717, 1.165) is 25.7 Å². The molecule has 244 valence electrons. The SMILES string of the molecule is O=C(NCc1cccc(F)c1)C1(O)CCCN(CC2CCCCC2)C1=O.O=C(O)C1(O)CCCN(CC2CCCCC2)C1=O. The number of aliphatic carboxylic acids is 1. The largest absolute Gasteiger partial charge is 0.479 e. The van der Waals surface area contributed by atoms with E-state index in [1.54, 1.807) is 21.9 Å². The molecule has 3 amide bonds. The number of hydrogen-bond donors (Lipinski definition) is 4. The highest BCUT2D eigenvalue weighted by Crippen LogP contribution is 2.30. The molecular weight excluding hydrogens is 569 g/mol. The molecule has 2 atom stereocenters. The Kier molecular flexibility index (Phi) is 11.8. The summed E-state index contributed by atoms with van der Waals surface area (Å²) < 4.78 is 13.2. The van der Waals surface area contributed by atoms with Crippen molar-refractivity contribution >= 4 is 23.7 Å². The minimum Gasteiger partial charge on any atom is -0.479 e. The Morgan fingerprint density at radius 3 is 1.80 bits per heavy atom. The third kappa shape index (κ3) is 8.35. The van der Waals surface area contributed by atoms with Gasteiger partial charge in [0.1, 0.15) is 5.82 Å². The fourth-order valence-electron chi connectivity index (χ4n) is 7.09. The van der Waals surface area contributed by atoms with Gasteiger partial charge >= 0.3 is 5.97 Å². The lowest BCUT2D eigenvalue weighted by atomic mass is 9.86. The number of rotatable bonds is 8. The molecule has 2 saturated carbocycles. The van der Waals surface area contributed by atoms with Crippen molar-refractivity contribution in [3.8, 4) is 0 Å². The summed E-state index contributed by atoms with van der Waals surface area (Å²) in [7, 11) is 0.